The van der Waals surface area contributed by atoms with Gasteiger partial charge in [0.25, 0.3) is 0 Å². The molecule has 6 nitrogen and oxygen atoms in total. The predicted octanol–water partition coefficient (Wildman–Crippen LogP) is 0.628. The molecule has 1 fully saturated rings. The van der Waals surface area contributed by atoms with E-state index in [-0.39, 0.29) is 5.91 Å². The van der Waals surface area contributed by atoms with Gasteiger partial charge in [0, 0.05) is 32.8 Å². The maximum atomic E-state index is 11.1. The molecular weight excluding hydrogens is 242 g/mol. The Kier molecular flexibility index (Phi) is 4.79. The quantitative estimate of drug-likeness (QED) is 0.818. The number of nitrogens with one attached hydrogen (secondary N) is 1. The van der Waals surface area contributed by atoms with Crippen LogP contribution in [0, 0.1) is 0 Å². The molecule has 0 aliphatic carbocycles. The zero-order chi connectivity index (χ0) is 13.7. The summed E-state index contributed by atoms with van der Waals surface area (Å²) in [6.07, 6.45) is 5.70. The van der Waals surface area contributed by atoms with Gasteiger partial charge in [-0.2, -0.15) is 5.10 Å². The number of nitrogens with zero attached hydrogens (tertiary/aromatic N) is 3. The van der Waals surface area contributed by atoms with Gasteiger partial charge in [-0.1, -0.05) is 0 Å². The molecule has 6 heteroatoms. The Morgan fingerprint density at radius 1 is 1.53 bits per heavy atom. The SMILES string of the molecule is CNC(=O)CCCN1CCC(n2ccc(N)n2)CC1. The van der Waals surface area contributed by atoms with Gasteiger partial charge in [-0.25, -0.2) is 0 Å². The Bertz CT molecular complexity index is 409. The molecule has 3 N–H and O–H groups in total. The molecule has 2 heterocycles. The van der Waals surface area contributed by atoms with E-state index in [9.17, 15) is 4.79 Å². The number of hydrogen-bond acceptors (Lipinski definition) is 4. The second kappa shape index (κ2) is 6.56. The Hall–Kier alpha value is -1.56. The molecule has 1 amide bonds. The van der Waals surface area contributed by atoms with Crippen LogP contribution in [0.3, 0.4) is 0 Å². The molecule has 0 unspecified atom stereocenters. The van der Waals surface area contributed by atoms with E-state index < -0.39 is 0 Å². The van der Waals surface area contributed by atoms with Crippen molar-refractivity contribution in [3.8, 4) is 0 Å². The highest BCUT2D eigenvalue weighted by molar-refractivity contribution is 5.75. The molecule has 0 spiro atoms. The van der Waals surface area contributed by atoms with Gasteiger partial charge >= 0.3 is 0 Å². The average Bonchev–Trinajstić information content (AvgIpc) is 2.86. The van der Waals surface area contributed by atoms with Gasteiger partial charge in [0.1, 0.15) is 5.82 Å². The first kappa shape index (κ1) is 13.9. The van der Waals surface area contributed by atoms with E-state index in [4.69, 9.17) is 5.73 Å². The minimum atomic E-state index is 0.127. The normalized spacial score (nSPS) is 17.5. The Labute approximate surface area is 113 Å². The van der Waals surface area contributed by atoms with Crippen molar-refractivity contribution in [2.24, 2.45) is 0 Å². The lowest BCUT2D eigenvalue weighted by atomic mass is 10.0. The first-order valence-electron chi connectivity index (χ1n) is 6.92. The molecule has 1 aromatic rings. The standard InChI is InChI=1S/C13H23N5O/c1-15-13(19)3-2-7-17-8-4-11(5-9-17)18-10-6-12(14)16-18/h6,10-11H,2-5,7-9H2,1H3,(H2,14,16)(H,15,19). The third-order valence-corrected chi connectivity index (χ3v) is 3.72. The number of carbonyl (C=O) groups excluding carboxylic acids is 1. The van der Waals surface area contributed by atoms with Crippen LogP contribution in [0.25, 0.3) is 0 Å². The topological polar surface area (TPSA) is 76.2 Å². The van der Waals surface area contributed by atoms with Crippen LogP contribution in [0.1, 0.15) is 31.7 Å². The van der Waals surface area contributed by atoms with Crippen LogP contribution in [-0.4, -0.2) is 47.3 Å². The van der Waals surface area contributed by atoms with E-state index in [1.807, 2.05) is 16.9 Å². The van der Waals surface area contributed by atoms with E-state index in [2.05, 4.69) is 15.3 Å². The second-order valence-corrected chi connectivity index (χ2v) is 5.07. The van der Waals surface area contributed by atoms with Crippen molar-refractivity contribution in [2.45, 2.75) is 31.7 Å². The van der Waals surface area contributed by atoms with Crippen LogP contribution in [0.2, 0.25) is 0 Å². The van der Waals surface area contributed by atoms with Crippen molar-refractivity contribution in [3.05, 3.63) is 12.3 Å². The molecular formula is C13H23N5O. The lowest BCUT2D eigenvalue weighted by Crippen LogP contribution is -2.35. The van der Waals surface area contributed by atoms with Crippen LogP contribution in [0.15, 0.2) is 12.3 Å². The minimum absolute atomic E-state index is 0.127. The summed E-state index contributed by atoms with van der Waals surface area (Å²) >= 11 is 0. The summed E-state index contributed by atoms with van der Waals surface area (Å²) < 4.78 is 1.98. The van der Waals surface area contributed by atoms with Crippen LogP contribution >= 0.6 is 0 Å². The Morgan fingerprint density at radius 3 is 2.84 bits per heavy atom. The number of nitrogens with two attached hydrogens (primary N) is 1. The minimum Gasteiger partial charge on any atom is -0.382 e. The van der Waals surface area contributed by atoms with Crippen molar-refractivity contribution < 1.29 is 4.79 Å². The van der Waals surface area contributed by atoms with Gasteiger partial charge in [0.2, 0.25) is 5.91 Å². The summed E-state index contributed by atoms with van der Waals surface area (Å²) in [5.74, 6) is 0.718. The zero-order valence-corrected chi connectivity index (χ0v) is 11.5. The third kappa shape index (κ3) is 3.96. The molecule has 0 radical (unpaired) electrons. The largest absolute Gasteiger partial charge is 0.382 e. The summed E-state index contributed by atoms with van der Waals surface area (Å²) in [6, 6.07) is 2.31. The zero-order valence-electron chi connectivity index (χ0n) is 11.5. The highest BCUT2D eigenvalue weighted by Crippen LogP contribution is 2.22. The third-order valence-electron chi connectivity index (χ3n) is 3.72. The van der Waals surface area contributed by atoms with Crippen LogP contribution in [0.5, 0.6) is 0 Å². The lowest BCUT2D eigenvalue weighted by molar-refractivity contribution is -0.120. The van der Waals surface area contributed by atoms with E-state index in [1.54, 1.807) is 7.05 Å². The number of hydrogen-bond donors (Lipinski definition) is 2. The van der Waals surface area contributed by atoms with Gasteiger partial charge < -0.3 is 16.0 Å². The van der Waals surface area contributed by atoms with E-state index in [0.29, 0.717) is 18.3 Å². The van der Waals surface area contributed by atoms with Gasteiger partial charge in [0.05, 0.1) is 6.04 Å². The number of nitrogen functional groups attached to an aromatic ring is 1. The maximum Gasteiger partial charge on any atom is 0.219 e. The number of piperidine rings is 1. The number of anilines is 1. The number of amides is 1. The fourth-order valence-corrected chi connectivity index (χ4v) is 2.55. The van der Waals surface area contributed by atoms with Gasteiger partial charge in [-0.05, 0) is 31.9 Å². The van der Waals surface area contributed by atoms with Crippen molar-refractivity contribution in [2.75, 3.05) is 32.4 Å². The van der Waals surface area contributed by atoms with Crippen molar-refractivity contribution in [3.63, 3.8) is 0 Å². The van der Waals surface area contributed by atoms with E-state index >= 15 is 0 Å². The first-order chi connectivity index (χ1) is 9.19. The van der Waals surface area contributed by atoms with Crippen LogP contribution in [-0.2, 0) is 4.79 Å². The van der Waals surface area contributed by atoms with E-state index in [1.165, 1.54) is 0 Å². The number of rotatable bonds is 5. The first-order valence-corrected chi connectivity index (χ1v) is 6.92. The summed E-state index contributed by atoms with van der Waals surface area (Å²) in [5.41, 5.74) is 5.64. The molecule has 1 aliphatic heterocycles. The Balaban J connectivity index is 1.69. The van der Waals surface area contributed by atoms with Crippen LogP contribution in [0.4, 0.5) is 5.82 Å². The summed E-state index contributed by atoms with van der Waals surface area (Å²) in [6.45, 7) is 3.14. The average molecular weight is 265 g/mol. The van der Waals surface area contributed by atoms with Gasteiger partial charge in [-0.15, -0.1) is 0 Å². The molecule has 2 rings (SSSR count). The second-order valence-electron chi connectivity index (χ2n) is 5.07. The van der Waals surface area contributed by atoms with Crippen LogP contribution < -0.4 is 11.1 Å². The molecule has 1 aromatic heterocycles. The lowest BCUT2D eigenvalue weighted by Gasteiger charge is -2.31. The van der Waals surface area contributed by atoms with Gasteiger partial charge in [-0.3, -0.25) is 9.48 Å². The molecule has 0 aromatic carbocycles. The molecule has 106 valence electrons. The van der Waals surface area contributed by atoms with Crippen molar-refractivity contribution >= 4 is 11.7 Å². The van der Waals surface area contributed by atoms with E-state index in [0.717, 1.165) is 38.9 Å². The monoisotopic (exact) mass is 265 g/mol. The van der Waals surface area contributed by atoms with Crippen molar-refractivity contribution in [1.82, 2.24) is 20.0 Å². The highest BCUT2D eigenvalue weighted by Gasteiger charge is 2.20. The molecule has 0 atom stereocenters. The molecule has 0 saturated carbocycles. The van der Waals surface area contributed by atoms with Crippen molar-refractivity contribution in [1.29, 1.82) is 0 Å². The Morgan fingerprint density at radius 2 is 2.26 bits per heavy atom. The molecule has 19 heavy (non-hydrogen) atoms. The number of aromatic nitrogens is 2. The smallest absolute Gasteiger partial charge is 0.219 e. The van der Waals surface area contributed by atoms with Gasteiger partial charge in [0.15, 0.2) is 0 Å². The fraction of sp³-hybridized carbons (Fsp3) is 0.692. The summed E-state index contributed by atoms with van der Waals surface area (Å²) in [5, 5.41) is 6.93. The predicted molar refractivity (Wildman–Crippen MR) is 74.7 cm³/mol. The summed E-state index contributed by atoms with van der Waals surface area (Å²) in [4.78, 5) is 13.6. The number of carbonyl (C=O) groups is 1. The molecule has 1 saturated heterocycles. The molecule has 1 aliphatic rings. The number of likely N-dealkylation sites (tertiary alicyclic amines) is 1. The molecule has 0 bridgehead atoms. The summed E-state index contributed by atoms with van der Waals surface area (Å²) in [7, 11) is 1.68. The maximum absolute atomic E-state index is 11.1. The highest BCUT2D eigenvalue weighted by atomic mass is 16.1. The fourth-order valence-electron chi connectivity index (χ4n) is 2.55.